The zero-order valence-electron chi connectivity index (χ0n) is 12.3. The third-order valence-electron chi connectivity index (χ3n) is 3.15. The second-order valence-electron chi connectivity index (χ2n) is 5.95. The largest absolute Gasteiger partial charge is 0.372 e. The Bertz CT molecular complexity index is 402. The molecule has 2 rings (SSSR count). The van der Waals surface area contributed by atoms with Crippen LogP contribution in [0.1, 0.15) is 33.4 Å². The van der Waals surface area contributed by atoms with Crippen molar-refractivity contribution in [2.24, 2.45) is 0 Å². The zero-order chi connectivity index (χ0) is 13.9. The Hall–Kier alpha value is -1.20. The molecule has 1 saturated heterocycles. The van der Waals surface area contributed by atoms with Crippen molar-refractivity contribution < 1.29 is 4.74 Å². The van der Waals surface area contributed by atoms with E-state index in [9.17, 15) is 0 Å². The Morgan fingerprint density at radius 1 is 1.37 bits per heavy atom. The second kappa shape index (κ2) is 5.84. The molecule has 5 nitrogen and oxygen atoms in total. The van der Waals surface area contributed by atoms with Crippen LogP contribution in [0.15, 0.2) is 12.1 Å². The average Bonchev–Trinajstić information content (AvgIpc) is 2.36. The fourth-order valence-electron chi connectivity index (χ4n) is 2.14. The van der Waals surface area contributed by atoms with Crippen LogP contribution >= 0.6 is 0 Å². The van der Waals surface area contributed by atoms with Gasteiger partial charge in [0, 0.05) is 25.7 Å². The first-order valence-corrected chi connectivity index (χ1v) is 6.91. The van der Waals surface area contributed by atoms with Crippen LogP contribution in [-0.4, -0.2) is 41.5 Å². The van der Waals surface area contributed by atoms with Crippen LogP contribution in [0.25, 0.3) is 0 Å². The van der Waals surface area contributed by atoms with E-state index < -0.39 is 0 Å². The molecule has 19 heavy (non-hydrogen) atoms. The molecule has 0 spiro atoms. The Morgan fingerprint density at radius 2 is 2.16 bits per heavy atom. The summed E-state index contributed by atoms with van der Waals surface area (Å²) in [6.45, 7) is 11.7. The first kappa shape index (κ1) is 14.2. The lowest BCUT2D eigenvalue weighted by Crippen LogP contribution is -2.48. The molecule has 0 bridgehead atoms. The Kier molecular flexibility index (Phi) is 4.37. The number of nitrogens with zero attached hydrogens (tertiary/aromatic N) is 3. The zero-order valence-corrected chi connectivity index (χ0v) is 12.3. The predicted octanol–water partition coefficient (Wildman–Crippen LogP) is 1.59. The van der Waals surface area contributed by atoms with Crippen LogP contribution < -0.4 is 10.2 Å². The molecule has 0 aliphatic carbocycles. The van der Waals surface area contributed by atoms with Gasteiger partial charge >= 0.3 is 0 Å². The minimum Gasteiger partial charge on any atom is -0.372 e. The maximum atomic E-state index is 5.71. The van der Waals surface area contributed by atoms with Crippen molar-refractivity contribution in [1.29, 1.82) is 0 Å². The van der Waals surface area contributed by atoms with Gasteiger partial charge in [0.2, 0.25) is 0 Å². The molecule has 1 aliphatic rings. The fraction of sp³-hybridized carbons (Fsp3) is 0.714. The van der Waals surface area contributed by atoms with Gasteiger partial charge in [-0.25, -0.2) is 0 Å². The van der Waals surface area contributed by atoms with E-state index in [1.807, 2.05) is 12.1 Å². The number of ether oxygens (including phenoxy) is 1. The standard InChI is InChI=1S/C14H24N4O/c1-11(2)15-9-12-5-6-13(17-16-12)18-7-8-19-14(3,4)10-18/h5-6,11,15H,7-10H2,1-4H3. The summed E-state index contributed by atoms with van der Waals surface area (Å²) in [6.07, 6.45) is 0. The first-order chi connectivity index (χ1) is 8.96. The molecule has 5 heteroatoms. The monoisotopic (exact) mass is 264 g/mol. The molecule has 106 valence electrons. The highest BCUT2D eigenvalue weighted by molar-refractivity contribution is 5.38. The molecule has 0 amide bonds. The summed E-state index contributed by atoms with van der Waals surface area (Å²) in [7, 11) is 0. The van der Waals surface area contributed by atoms with Crippen LogP contribution in [0.2, 0.25) is 0 Å². The van der Waals surface area contributed by atoms with Crippen molar-refractivity contribution >= 4 is 5.82 Å². The lowest BCUT2D eigenvalue weighted by Gasteiger charge is -2.38. The Balaban J connectivity index is 1.98. The molecular formula is C14H24N4O. The molecule has 0 saturated carbocycles. The molecule has 0 radical (unpaired) electrons. The number of nitrogens with one attached hydrogen (secondary N) is 1. The highest BCUT2D eigenvalue weighted by Crippen LogP contribution is 2.20. The van der Waals surface area contributed by atoms with Crippen LogP contribution in [0.3, 0.4) is 0 Å². The van der Waals surface area contributed by atoms with Gasteiger partial charge in [0.25, 0.3) is 0 Å². The van der Waals surface area contributed by atoms with Crippen molar-refractivity contribution in [3.8, 4) is 0 Å². The van der Waals surface area contributed by atoms with E-state index in [-0.39, 0.29) is 5.60 Å². The van der Waals surface area contributed by atoms with E-state index in [0.717, 1.165) is 37.8 Å². The van der Waals surface area contributed by atoms with Crippen LogP contribution in [-0.2, 0) is 11.3 Å². The number of rotatable bonds is 4. The number of hydrogen-bond acceptors (Lipinski definition) is 5. The van der Waals surface area contributed by atoms with Gasteiger partial charge in [-0.05, 0) is 26.0 Å². The number of anilines is 1. The van der Waals surface area contributed by atoms with E-state index >= 15 is 0 Å². The summed E-state index contributed by atoms with van der Waals surface area (Å²) in [6, 6.07) is 4.55. The maximum Gasteiger partial charge on any atom is 0.151 e. The highest BCUT2D eigenvalue weighted by atomic mass is 16.5. The van der Waals surface area contributed by atoms with Crippen molar-refractivity contribution in [1.82, 2.24) is 15.5 Å². The number of morpholine rings is 1. The Labute approximate surface area is 115 Å². The highest BCUT2D eigenvalue weighted by Gasteiger charge is 2.27. The molecule has 0 aromatic carbocycles. The van der Waals surface area contributed by atoms with Crippen LogP contribution in [0.5, 0.6) is 0 Å². The van der Waals surface area contributed by atoms with Gasteiger partial charge in [-0.2, -0.15) is 5.10 Å². The van der Waals surface area contributed by atoms with Crippen molar-refractivity contribution in [2.45, 2.75) is 45.9 Å². The molecule has 2 heterocycles. The number of hydrogen-bond donors (Lipinski definition) is 1. The molecule has 0 atom stereocenters. The smallest absolute Gasteiger partial charge is 0.151 e. The summed E-state index contributed by atoms with van der Waals surface area (Å²) in [5.74, 6) is 0.935. The van der Waals surface area contributed by atoms with Crippen LogP contribution in [0.4, 0.5) is 5.82 Å². The molecule has 1 aliphatic heterocycles. The van der Waals surface area contributed by atoms with E-state index in [1.54, 1.807) is 0 Å². The van der Waals surface area contributed by atoms with Crippen LogP contribution in [0, 0.1) is 0 Å². The van der Waals surface area contributed by atoms with Gasteiger partial charge in [-0.3, -0.25) is 0 Å². The summed E-state index contributed by atoms with van der Waals surface area (Å²) in [5.41, 5.74) is 0.864. The average molecular weight is 264 g/mol. The summed E-state index contributed by atoms with van der Waals surface area (Å²) < 4.78 is 5.71. The number of aromatic nitrogens is 2. The molecule has 1 aromatic rings. The van der Waals surface area contributed by atoms with E-state index in [0.29, 0.717) is 6.04 Å². The van der Waals surface area contributed by atoms with Gasteiger partial charge in [-0.15, -0.1) is 5.10 Å². The first-order valence-electron chi connectivity index (χ1n) is 6.91. The van der Waals surface area contributed by atoms with Crippen molar-refractivity contribution in [3.63, 3.8) is 0 Å². The van der Waals surface area contributed by atoms with Gasteiger partial charge in [-0.1, -0.05) is 13.8 Å². The quantitative estimate of drug-likeness (QED) is 0.895. The van der Waals surface area contributed by atoms with Gasteiger partial charge in [0.15, 0.2) is 5.82 Å². The molecule has 1 aromatic heterocycles. The maximum absolute atomic E-state index is 5.71. The molecule has 1 N–H and O–H groups in total. The normalized spacial score (nSPS) is 18.9. The topological polar surface area (TPSA) is 50.3 Å². The second-order valence-corrected chi connectivity index (χ2v) is 5.95. The summed E-state index contributed by atoms with van der Waals surface area (Å²) in [4.78, 5) is 2.23. The molecule has 0 unspecified atom stereocenters. The third-order valence-corrected chi connectivity index (χ3v) is 3.15. The minimum atomic E-state index is -0.113. The molecular weight excluding hydrogens is 240 g/mol. The third kappa shape index (κ3) is 4.14. The van der Waals surface area contributed by atoms with Gasteiger partial charge in [0.1, 0.15) is 0 Å². The minimum absolute atomic E-state index is 0.113. The van der Waals surface area contributed by atoms with Crippen molar-refractivity contribution in [3.05, 3.63) is 17.8 Å². The molecule has 1 fully saturated rings. The van der Waals surface area contributed by atoms with Gasteiger partial charge < -0.3 is 15.0 Å². The van der Waals surface area contributed by atoms with Crippen molar-refractivity contribution in [2.75, 3.05) is 24.6 Å². The van der Waals surface area contributed by atoms with Gasteiger partial charge in [0.05, 0.1) is 17.9 Å². The summed E-state index contributed by atoms with van der Waals surface area (Å²) in [5, 5.41) is 11.9. The lowest BCUT2D eigenvalue weighted by atomic mass is 10.1. The SMILES string of the molecule is CC(C)NCc1ccc(N2CCOC(C)(C)C2)nn1. The lowest BCUT2D eigenvalue weighted by molar-refractivity contribution is -0.0279. The predicted molar refractivity (Wildman–Crippen MR) is 76.3 cm³/mol. The Morgan fingerprint density at radius 3 is 2.74 bits per heavy atom. The van der Waals surface area contributed by atoms with E-state index in [1.165, 1.54) is 0 Å². The van der Waals surface area contributed by atoms with E-state index in [2.05, 4.69) is 48.1 Å². The van der Waals surface area contributed by atoms with E-state index in [4.69, 9.17) is 4.74 Å². The summed E-state index contributed by atoms with van der Waals surface area (Å²) >= 11 is 0. The fourth-order valence-corrected chi connectivity index (χ4v) is 2.14.